The van der Waals surface area contributed by atoms with Gasteiger partial charge in [0.05, 0.1) is 15.7 Å². The molecule has 0 radical (unpaired) electrons. The molecule has 0 spiro atoms. The molecule has 0 unspecified atom stereocenters. The molecular weight excluding hydrogens is 330 g/mol. The van der Waals surface area contributed by atoms with Crippen LogP contribution in [0.3, 0.4) is 0 Å². The van der Waals surface area contributed by atoms with Crippen molar-refractivity contribution in [3.05, 3.63) is 65.2 Å². The third kappa shape index (κ3) is 3.72. The molecule has 1 aliphatic heterocycles. The fourth-order valence-corrected chi connectivity index (χ4v) is 4.06. The number of fused-ring (bicyclic) bond motifs is 1. The highest BCUT2D eigenvalue weighted by Crippen LogP contribution is 2.20. The molecule has 0 bridgehead atoms. The van der Waals surface area contributed by atoms with Crippen LogP contribution in [0.5, 0.6) is 0 Å². The third-order valence-corrected chi connectivity index (χ3v) is 5.49. The van der Waals surface area contributed by atoms with Gasteiger partial charge in [0, 0.05) is 38.3 Å². The topological polar surface area (TPSA) is 36.4 Å². The maximum atomic E-state index is 12.9. The van der Waals surface area contributed by atoms with Gasteiger partial charge in [-0.05, 0) is 30.2 Å². The lowest BCUT2D eigenvalue weighted by Crippen LogP contribution is -2.35. The van der Waals surface area contributed by atoms with Gasteiger partial charge in [0.25, 0.3) is 5.91 Å². The number of aromatic nitrogens is 1. The van der Waals surface area contributed by atoms with E-state index in [2.05, 4.69) is 34.1 Å². The second kappa shape index (κ2) is 7.33. The molecule has 5 heteroatoms. The van der Waals surface area contributed by atoms with E-state index in [1.807, 2.05) is 34.7 Å². The lowest BCUT2D eigenvalue weighted by atomic mass is 10.2. The number of hydrogen-bond donors (Lipinski definition) is 0. The lowest BCUT2D eigenvalue weighted by Gasteiger charge is -2.22. The van der Waals surface area contributed by atoms with Crippen molar-refractivity contribution < 1.29 is 4.79 Å². The predicted molar refractivity (Wildman–Crippen MR) is 102 cm³/mol. The Morgan fingerprint density at radius 2 is 1.92 bits per heavy atom. The van der Waals surface area contributed by atoms with E-state index in [0.29, 0.717) is 0 Å². The van der Waals surface area contributed by atoms with Gasteiger partial charge in [-0.3, -0.25) is 9.69 Å². The molecule has 0 aliphatic carbocycles. The quantitative estimate of drug-likeness (QED) is 0.723. The molecule has 4 rings (SSSR count). The van der Waals surface area contributed by atoms with E-state index in [1.54, 1.807) is 11.3 Å². The van der Waals surface area contributed by atoms with E-state index in [9.17, 15) is 4.79 Å². The summed E-state index contributed by atoms with van der Waals surface area (Å²) in [5, 5.41) is 0. The molecule has 0 saturated carbocycles. The zero-order valence-electron chi connectivity index (χ0n) is 14.1. The Morgan fingerprint density at radius 3 is 2.80 bits per heavy atom. The molecule has 2 heterocycles. The van der Waals surface area contributed by atoms with Gasteiger partial charge in [0.15, 0.2) is 0 Å². The highest BCUT2D eigenvalue weighted by molar-refractivity contribution is 7.16. The molecule has 3 aromatic rings. The molecule has 1 saturated heterocycles. The van der Waals surface area contributed by atoms with Crippen LogP contribution >= 0.6 is 11.3 Å². The summed E-state index contributed by atoms with van der Waals surface area (Å²) in [5.41, 5.74) is 4.89. The molecular formula is C20H21N3OS. The van der Waals surface area contributed by atoms with E-state index in [1.165, 1.54) is 5.56 Å². The number of benzene rings is 2. The number of carbonyl (C=O) groups excluding carboxylic acids is 1. The highest BCUT2D eigenvalue weighted by atomic mass is 32.1. The zero-order valence-corrected chi connectivity index (χ0v) is 14.9. The van der Waals surface area contributed by atoms with Gasteiger partial charge < -0.3 is 4.90 Å². The number of nitrogens with zero attached hydrogens (tertiary/aromatic N) is 3. The van der Waals surface area contributed by atoms with Crippen LogP contribution in [0.4, 0.5) is 0 Å². The SMILES string of the molecule is O=C(c1ccc2ncsc2c1)N1CCCN(Cc2ccccc2)CC1. The summed E-state index contributed by atoms with van der Waals surface area (Å²) in [7, 11) is 0. The second-order valence-corrected chi connectivity index (χ2v) is 7.33. The Hall–Kier alpha value is -2.24. The fraction of sp³-hybridized carbons (Fsp3) is 0.300. The molecule has 1 aliphatic rings. The zero-order chi connectivity index (χ0) is 17.1. The molecule has 0 N–H and O–H groups in total. The van der Waals surface area contributed by atoms with Crippen molar-refractivity contribution in [1.82, 2.24) is 14.8 Å². The summed E-state index contributed by atoms with van der Waals surface area (Å²) in [6, 6.07) is 16.4. The van der Waals surface area contributed by atoms with E-state index in [-0.39, 0.29) is 5.91 Å². The van der Waals surface area contributed by atoms with Crippen LogP contribution < -0.4 is 0 Å². The maximum Gasteiger partial charge on any atom is 0.253 e. The minimum atomic E-state index is 0.136. The van der Waals surface area contributed by atoms with E-state index >= 15 is 0 Å². The van der Waals surface area contributed by atoms with Crippen LogP contribution in [-0.2, 0) is 6.54 Å². The Kier molecular flexibility index (Phi) is 4.76. The first-order chi connectivity index (χ1) is 12.3. The Balaban J connectivity index is 1.42. The average molecular weight is 351 g/mol. The molecule has 0 atom stereocenters. The minimum absolute atomic E-state index is 0.136. The second-order valence-electron chi connectivity index (χ2n) is 6.44. The first-order valence-corrected chi connectivity index (χ1v) is 9.56. The lowest BCUT2D eigenvalue weighted by molar-refractivity contribution is 0.0761. The summed E-state index contributed by atoms with van der Waals surface area (Å²) < 4.78 is 1.08. The summed E-state index contributed by atoms with van der Waals surface area (Å²) in [4.78, 5) is 21.6. The van der Waals surface area contributed by atoms with E-state index < -0.39 is 0 Å². The predicted octanol–water partition coefficient (Wildman–Crippen LogP) is 3.64. The highest BCUT2D eigenvalue weighted by Gasteiger charge is 2.20. The van der Waals surface area contributed by atoms with Crippen LogP contribution in [0.25, 0.3) is 10.2 Å². The third-order valence-electron chi connectivity index (χ3n) is 4.70. The largest absolute Gasteiger partial charge is 0.337 e. The van der Waals surface area contributed by atoms with Gasteiger partial charge in [0.2, 0.25) is 0 Å². The van der Waals surface area contributed by atoms with Crippen LogP contribution in [0.15, 0.2) is 54.0 Å². The van der Waals surface area contributed by atoms with Gasteiger partial charge in [0.1, 0.15) is 0 Å². The van der Waals surface area contributed by atoms with Crippen molar-refractivity contribution in [2.24, 2.45) is 0 Å². The smallest absolute Gasteiger partial charge is 0.253 e. The van der Waals surface area contributed by atoms with Gasteiger partial charge in [-0.15, -0.1) is 11.3 Å². The number of carbonyl (C=O) groups is 1. The number of rotatable bonds is 3. The minimum Gasteiger partial charge on any atom is -0.337 e. The van der Waals surface area contributed by atoms with E-state index in [4.69, 9.17) is 0 Å². The molecule has 128 valence electrons. The summed E-state index contributed by atoms with van der Waals surface area (Å²) >= 11 is 1.58. The van der Waals surface area contributed by atoms with Gasteiger partial charge >= 0.3 is 0 Å². The first-order valence-electron chi connectivity index (χ1n) is 8.68. The van der Waals surface area contributed by atoms with Gasteiger partial charge in [-0.1, -0.05) is 30.3 Å². The first kappa shape index (κ1) is 16.2. The summed E-state index contributed by atoms with van der Waals surface area (Å²) in [6.07, 6.45) is 1.02. The average Bonchev–Trinajstić information content (AvgIpc) is 3.00. The molecule has 1 amide bonds. The fourth-order valence-electron chi connectivity index (χ4n) is 3.34. The molecule has 25 heavy (non-hydrogen) atoms. The number of amides is 1. The molecule has 1 fully saturated rings. The molecule has 4 nitrogen and oxygen atoms in total. The summed E-state index contributed by atoms with van der Waals surface area (Å²) in [6.45, 7) is 4.52. The monoisotopic (exact) mass is 351 g/mol. The summed E-state index contributed by atoms with van der Waals surface area (Å²) in [5.74, 6) is 0.136. The Bertz CT molecular complexity index is 862. The number of hydrogen-bond acceptors (Lipinski definition) is 4. The van der Waals surface area contributed by atoms with Gasteiger partial charge in [-0.2, -0.15) is 0 Å². The Morgan fingerprint density at radius 1 is 1.04 bits per heavy atom. The molecule has 1 aromatic heterocycles. The van der Waals surface area contributed by atoms with Crippen LogP contribution in [0.1, 0.15) is 22.3 Å². The van der Waals surface area contributed by atoms with Crippen LogP contribution in [0, 0.1) is 0 Å². The normalized spacial score (nSPS) is 16.1. The van der Waals surface area contributed by atoms with E-state index in [0.717, 1.165) is 54.9 Å². The van der Waals surface area contributed by atoms with Crippen LogP contribution in [0.2, 0.25) is 0 Å². The van der Waals surface area contributed by atoms with Crippen molar-refractivity contribution in [1.29, 1.82) is 0 Å². The molecule has 2 aromatic carbocycles. The Labute approximate surface area is 151 Å². The standard InChI is InChI=1S/C20H21N3OS/c24-20(17-7-8-18-19(13-17)25-15-21-18)23-10-4-9-22(11-12-23)14-16-5-2-1-3-6-16/h1-3,5-8,13,15H,4,9-12,14H2. The van der Waals surface area contributed by atoms with Gasteiger partial charge in [-0.25, -0.2) is 4.98 Å². The van der Waals surface area contributed by atoms with Crippen molar-refractivity contribution in [3.63, 3.8) is 0 Å². The van der Waals surface area contributed by atoms with Crippen molar-refractivity contribution in [3.8, 4) is 0 Å². The van der Waals surface area contributed by atoms with Crippen molar-refractivity contribution in [2.75, 3.05) is 26.2 Å². The van der Waals surface area contributed by atoms with Crippen molar-refractivity contribution in [2.45, 2.75) is 13.0 Å². The van der Waals surface area contributed by atoms with Crippen molar-refractivity contribution >= 4 is 27.5 Å². The number of thiazole rings is 1. The maximum absolute atomic E-state index is 12.9. The van der Waals surface area contributed by atoms with Crippen LogP contribution in [-0.4, -0.2) is 46.9 Å².